The molecule has 1 amide bonds. The predicted molar refractivity (Wildman–Crippen MR) is 88.9 cm³/mol. The summed E-state index contributed by atoms with van der Waals surface area (Å²) in [6.45, 7) is 4.30. The van der Waals surface area contributed by atoms with Crippen LogP contribution in [0.3, 0.4) is 0 Å². The topological polar surface area (TPSA) is 47.4 Å². The van der Waals surface area contributed by atoms with Gasteiger partial charge in [-0.3, -0.25) is 4.79 Å². The maximum atomic E-state index is 12.7. The van der Waals surface area contributed by atoms with Crippen LogP contribution in [0.15, 0.2) is 24.3 Å². The van der Waals surface area contributed by atoms with Crippen molar-refractivity contribution < 1.29 is 9.53 Å². The van der Waals surface area contributed by atoms with Crippen molar-refractivity contribution in [3.63, 3.8) is 0 Å². The highest BCUT2D eigenvalue weighted by Gasteiger charge is 2.25. The fourth-order valence-electron chi connectivity index (χ4n) is 2.86. The third kappa shape index (κ3) is 2.98. The minimum absolute atomic E-state index is 0.139. The number of ether oxygens (including phenoxy) is 1. The number of carbonyl (C=O) groups excluding carboxylic acids is 1. The number of amides is 1. The molecule has 1 fully saturated rings. The first kappa shape index (κ1) is 15.4. The maximum Gasteiger partial charge on any atom is 0.242 e. The van der Waals surface area contributed by atoms with E-state index in [1.165, 1.54) is 0 Å². The molecule has 1 atom stereocenters. The van der Waals surface area contributed by atoms with Gasteiger partial charge in [0.1, 0.15) is 12.4 Å². The van der Waals surface area contributed by atoms with E-state index in [9.17, 15) is 4.79 Å². The molecule has 1 aliphatic heterocycles. The Morgan fingerprint density at radius 2 is 2.27 bits per heavy atom. The number of hydrogen-bond acceptors (Lipinski definition) is 4. The monoisotopic (exact) mass is 319 g/mol. The summed E-state index contributed by atoms with van der Waals surface area (Å²) in [6.07, 6.45) is 2.05. The van der Waals surface area contributed by atoms with Crippen LogP contribution < -0.4 is 0 Å². The molecule has 118 valence electrons. The van der Waals surface area contributed by atoms with Gasteiger partial charge in [-0.2, -0.15) is 11.8 Å². The van der Waals surface area contributed by atoms with E-state index in [0.29, 0.717) is 26.3 Å². The molecule has 1 aromatic heterocycles. The van der Waals surface area contributed by atoms with Gasteiger partial charge in [-0.1, -0.05) is 12.1 Å². The van der Waals surface area contributed by atoms with E-state index in [2.05, 4.69) is 15.8 Å². The number of morpholine rings is 1. The van der Waals surface area contributed by atoms with Crippen LogP contribution in [0.5, 0.6) is 0 Å². The van der Waals surface area contributed by atoms with Gasteiger partial charge in [-0.15, -0.1) is 0 Å². The molecule has 0 spiro atoms. The Morgan fingerprint density at radius 1 is 1.45 bits per heavy atom. The van der Waals surface area contributed by atoms with Crippen molar-refractivity contribution in [3.8, 4) is 0 Å². The van der Waals surface area contributed by atoms with Crippen LogP contribution in [0.2, 0.25) is 0 Å². The number of aromatic nitrogens is 2. The molecule has 2 heterocycles. The third-order valence-electron chi connectivity index (χ3n) is 3.99. The van der Waals surface area contributed by atoms with E-state index in [0.717, 1.165) is 22.6 Å². The molecule has 0 N–H and O–H groups in total. The van der Waals surface area contributed by atoms with Crippen LogP contribution in [0.1, 0.15) is 12.7 Å². The zero-order valence-electron chi connectivity index (χ0n) is 13.0. The van der Waals surface area contributed by atoms with E-state index < -0.39 is 0 Å². The quantitative estimate of drug-likeness (QED) is 0.866. The zero-order valence-corrected chi connectivity index (χ0v) is 13.8. The van der Waals surface area contributed by atoms with Gasteiger partial charge in [0.25, 0.3) is 0 Å². The first-order valence-electron chi connectivity index (χ1n) is 7.51. The van der Waals surface area contributed by atoms with Gasteiger partial charge in [0.05, 0.1) is 36.0 Å². The minimum atomic E-state index is 0.139. The second-order valence-electron chi connectivity index (χ2n) is 5.55. The molecule has 3 rings (SSSR count). The molecule has 0 aliphatic carbocycles. The number of thioether (sulfide) groups is 1. The molecule has 0 unspecified atom stereocenters. The normalized spacial score (nSPS) is 18.8. The van der Waals surface area contributed by atoms with Crippen LogP contribution in [0.4, 0.5) is 0 Å². The SMILES string of the molecule is CSCc1nc2ccccc2n1CC(=O)N1CCOC[C@@H]1C. The Balaban J connectivity index is 1.88. The summed E-state index contributed by atoms with van der Waals surface area (Å²) >= 11 is 1.72. The van der Waals surface area contributed by atoms with Crippen LogP contribution in [-0.4, -0.2) is 52.4 Å². The van der Waals surface area contributed by atoms with Crippen molar-refractivity contribution in [1.82, 2.24) is 14.5 Å². The minimum Gasteiger partial charge on any atom is -0.377 e. The molecule has 5 nitrogen and oxygen atoms in total. The number of benzene rings is 1. The lowest BCUT2D eigenvalue weighted by Gasteiger charge is -2.33. The molecule has 6 heteroatoms. The van der Waals surface area contributed by atoms with E-state index in [4.69, 9.17) is 4.74 Å². The number of imidazole rings is 1. The number of carbonyl (C=O) groups is 1. The average molecular weight is 319 g/mol. The second-order valence-corrected chi connectivity index (χ2v) is 6.41. The molecular formula is C16H21N3O2S. The predicted octanol–water partition coefficient (Wildman–Crippen LogP) is 2.15. The summed E-state index contributed by atoms with van der Waals surface area (Å²) in [6, 6.07) is 8.14. The van der Waals surface area contributed by atoms with E-state index in [1.54, 1.807) is 11.8 Å². The fraction of sp³-hybridized carbons (Fsp3) is 0.500. The van der Waals surface area contributed by atoms with Gasteiger partial charge in [-0.25, -0.2) is 4.98 Å². The molecule has 1 aromatic carbocycles. The Labute approximate surface area is 134 Å². The summed E-state index contributed by atoms with van der Waals surface area (Å²) in [7, 11) is 0. The Morgan fingerprint density at radius 3 is 3.05 bits per heavy atom. The summed E-state index contributed by atoms with van der Waals surface area (Å²) < 4.78 is 7.47. The lowest BCUT2D eigenvalue weighted by Crippen LogP contribution is -2.48. The molecule has 2 aromatic rings. The third-order valence-corrected chi connectivity index (χ3v) is 4.54. The molecule has 1 saturated heterocycles. The standard InChI is InChI=1S/C16H21N3O2S/c1-12-10-21-8-7-18(12)16(20)9-19-14-6-4-3-5-13(14)17-15(19)11-22-2/h3-6,12H,7-11H2,1-2H3/t12-/m0/s1. The molecule has 0 saturated carbocycles. The lowest BCUT2D eigenvalue weighted by atomic mass is 10.2. The van der Waals surface area contributed by atoms with Gasteiger partial charge in [-0.05, 0) is 25.3 Å². The van der Waals surface area contributed by atoms with Gasteiger partial charge in [0.2, 0.25) is 5.91 Å². The van der Waals surface area contributed by atoms with Crippen molar-refractivity contribution in [2.24, 2.45) is 0 Å². The summed E-state index contributed by atoms with van der Waals surface area (Å²) in [5, 5.41) is 0. The second kappa shape index (κ2) is 6.71. The molecule has 0 radical (unpaired) electrons. The Kier molecular flexibility index (Phi) is 4.69. The van der Waals surface area contributed by atoms with Crippen LogP contribution >= 0.6 is 11.8 Å². The average Bonchev–Trinajstić information content (AvgIpc) is 2.86. The Hall–Kier alpha value is -1.53. The van der Waals surface area contributed by atoms with Crippen LogP contribution in [0.25, 0.3) is 11.0 Å². The summed E-state index contributed by atoms with van der Waals surface area (Å²) in [5.41, 5.74) is 1.98. The largest absolute Gasteiger partial charge is 0.377 e. The first-order valence-corrected chi connectivity index (χ1v) is 8.90. The summed E-state index contributed by atoms with van der Waals surface area (Å²) in [5.74, 6) is 1.91. The van der Waals surface area contributed by atoms with Gasteiger partial charge < -0.3 is 14.2 Å². The highest BCUT2D eigenvalue weighted by molar-refractivity contribution is 7.97. The fourth-order valence-corrected chi connectivity index (χ4v) is 3.34. The molecule has 22 heavy (non-hydrogen) atoms. The van der Waals surface area contributed by atoms with Crippen molar-refractivity contribution in [2.75, 3.05) is 26.0 Å². The highest BCUT2D eigenvalue weighted by atomic mass is 32.2. The smallest absolute Gasteiger partial charge is 0.242 e. The van der Waals surface area contributed by atoms with E-state index in [-0.39, 0.29) is 11.9 Å². The van der Waals surface area contributed by atoms with E-state index >= 15 is 0 Å². The van der Waals surface area contributed by atoms with E-state index in [1.807, 2.05) is 36.1 Å². The van der Waals surface area contributed by atoms with Crippen molar-refractivity contribution in [2.45, 2.75) is 25.3 Å². The summed E-state index contributed by atoms with van der Waals surface area (Å²) in [4.78, 5) is 19.3. The molecule has 1 aliphatic rings. The number of hydrogen-bond donors (Lipinski definition) is 0. The maximum absolute atomic E-state index is 12.7. The Bertz CT molecular complexity index is 670. The number of rotatable bonds is 4. The molecule has 0 bridgehead atoms. The zero-order chi connectivity index (χ0) is 15.5. The van der Waals surface area contributed by atoms with Gasteiger partial charge >= 0.3 is 0 Å². The molecular weight excluding hydrogens is 298 g/mol. The number of fused-ring (bicyclic) bond motifs is 1. The van der Waals surface area contributed by atoms with Crippen molar-refractivity contribution in [3.05, 3.63) is 30.1 Å². The van der Waals surface area contributed by atoms with Gasteiger partial charge in [0, 0.05) is 6.54 Å². The first-order chi connectivity index (χ1) is 10.7. The van der Waals surface area contributed by atoms with Crippen molar-refractivity contribution >= 4 is 28.7 Å². The van der Waals surface area contributed by atoms with Crippen molar-refractivity contribution in [1.29, 1.82) is 0 Å². The number of nitrogens with zero attached hydrogens (tertiary/aromatic N) is 3. The van der Waals surface area contributed by atoms with Crippen LogP contribution in [-0.2, 0) is 21.8 Å². The van der Waals surface area contributed by atoms with Gasteiger partial charge in [0.15, 0.2) is 0 Å². The number of para-hydroxylation sites is 2. The lowest BCUT2D eigenvalue weighted by molar-refractivity contribution is -0.139. The highest BCUT2D eigenvalue weighted by Crippen LogP contribution is 2.20. The van der Waals surface area contributed by atoms with Crippen LogP contribution in [0, 0.1) is 0 Å².